The van der Waals surface area contributed by atoms with Crippen molar-refractivity contribution in [3.8, 4) is 0 Å². The summed E-state index contributed by atoms with van der Waals surface area (Å²) in [6, 6.07) is 7.55. The van der Waals surface area contributed by atoms with Crippen LogP contribution >= 0.6 is 11.8 Å². The van der Waals surface area contributed by atoms with Crippen molar-refractivity contribution >= 4 is 27.7 Å². The molecule has 1 aromatic rings. The second-order valence-corrected chi connectivity index (χ2v) is 8.70. The minimum atomic E-state index is -3.12. The number of hydrogen-bond acceptors (Lipinski definition) is 4. The highest BCUT2D eigenvalue weighted by Gasteiger charge is 2.41. The number of hydrogen-bond donors (Lipinski definition) is 0. The first kappa shape index (κ1) is 15.8. The molecule has 0 bridgehead atoms. The van der Waals surface area contributed by atoms with Crippen molar-refractivity contribution in [1.29, 1.82) is 0 Å². The Bertz CT molecular complexity index is 663. The third-order valence-corrected chi connectivity index (χ3v) is 7.36. The average molecular weight is 340 g/mol. The monoisotopic (exact) mass is 340 g/mol. The molecule has 0 spiro atoms. The molecular weight excluding hydrogens is 320 g/mol. The molecule has 1 heterocycles. The molecule has 0 atom stereocenters. The van der Waals surface area contributed by atoms with Crippen molar-refractivity contribution in [1.82, 2.24) is 9.21 Å². The van der Waals surface area contributed by atoms with Crippen LogP contribution in [-0.2, 0) is 10.0 Å². The summed E-state index contributed by atoms with van der Waals surface area (Å²) in [4.78, 5) is 15.3. The van der Waals surface area contributed by atoms with Gasteiger partial charge >= 0.3 is 0 Å². The lowest BCUT2D eigenvalue weighted by Crippen LogP contribution is -2.51. The summed E-state index contributed by atoms with van der Waals surface area (Å²) in [7, 11) is -3.12. The molecule has 1 aliphatic carbocycles. The maximum Gasteiger partial charge on any atom is 0.255 e. The van der Waals surface area contributed by atoms with Gasteiger partial charge in [0.25, 0.3) is 5.91 Å². The molecule has 120 valence electrons. The zero-order valence-corrected chi connectivity index (χ0v) is 14.2. The first-order chi connectivity index (χ1) is 10.5. The lowest BCUT2D eigenvalue weighted by Gasteiger charge is -2.34. The van der Waals surface area contributed by atoms with E-state index in [1.807, 2.05) is 30.5 Å². The summed E-state index contributed by atoms with van der Waals surface area (Å²) in [6.45, 7) is 1.75. The van der Waals surface area contributed by atoms with Gasteiger partial charge in [0.1, 0.15) is 0 Å². The lowest BCUT2D eigenvalue weighted by molar-refractivity contribution is 0.0694. The van der Waals surface area contributed by atoms with Crippen LogP contribution in [0.2, 0.25) is 0 Å². The lowest BCUT2D eigenvalue weighted by atomic mass is 10.2. The highest BCUT2D eigenvalue weighted by Crippen LogP contribution is 2.31. The fraction of sp³-hybridized carbons (Fsp3) is 0.533. The SMILES string of the molecule is CSc1ccccc1C(=O)N1CCN(S(=O)(=O)C2CC2)CC1. The summed E-state index contributed by atoms with van der Waals surface area (Å²) < 4.78 is 26.0. The first-order valence-corrected chi connectivity index (χ1v) is 10.2. The molecular formula is C15H20N2O3S2. The van der Waals surface area contributed by atoms with E-state index in [0.29, 0.717) is 31.7 Å². The minimum absolute atomic E-state index is 0.00609. The predicted molar refractivity (Wildman–Crippen MR) is 87.6 cm³/mol. The number of nitrogens with zero attached hydrogens (tertiary/aromatic N) is 2. The number of sulfonamides is 1. The van der Waals surface area contributed by atoms with E-state index < -0.39 is 10.0 Å². The van der Waals surface area contributed by atoms with E-state index in [9.17, 15) is 13.2 Å². The van der Waals surface area contributed by atoms with Gasteiger partial charge in [0.05, 0.1) is 10.8 Å². The molecule has 1 aliphatic heterocycles. The fourth-order valence-electron chi connectivity index (χ4n) is 2.71. The van der Waals surface area contributed by atoms with E-state index in [-0.39, 0.29) is 11.2 Å². The fourth-order valence-corrected chi connectivity index (χ4v) is 5.13. The van der Waals surface area contributed by atoms with Crippen LogP contribution in [0.3, 0.4) is 0 Å². The molecule has 0 radical (unpaired) electrons. The second kappa shape index (κ2) is 6.22. The van der Waals surface area contributed by atoms with Gasteiger partial charge in [0.2, 0.25) is 10.0 Å². The van der Waals surface area contributed by atoms with Crippen LogP contribution in [0.15, 0.2) is 29.2 Å². The highest BCUT2D eigenvalue weighted by molar-refractivity contribution is 7.98. The number of carbonyl (C=O) groups excluding carboxylic acids is 1. The molecule has 1 saturated carbocycles. The average Bonchev–Trinajstić information content (AvgIpc) is 3.39. The predicted octanol–water partition coefficient (Wildman–Crippen LogP) is 1.66. The largest absolute Gasteiger partial charge is 0.336 e. The van der Waals surface area contributed by atoms with Gasteiger partial charge < -0.3 is 4.90 Å². The second-order valence-electron chi connectivity index (χ2n) is 5.64. The highest BCUT2D eigenvalue weighted by atomic mass is 32.2. The van der Waals surface area contributed by atoms with Crippen LogP contribution in [0.25, 0.3) is 0 Å². The Kier molecular flexibility index (Phi) is 4.47. The number of piperazine rings is 1. The van der Waals surface area contributed by atoms with E-state index in [0.717, 1.165) is 17.7 Å². The minimum Gasteiger partial charge on any atom is -0.336 e. The molecule has 5 nitrogen and oxygen atoms in total. The number of benzene rings is 1. The number of rotatable bonds is 4. The Hall–Kier alpha value is -1.05. The number of thioether (sulfide) groups is 1. The molecule has 0 unspecified atom stereocenters. The third kappa shape index (κ3) is 3.02. The topological polar surface area (TPSA) is 57.7 Å². The Morgan fingerprint density at radius 1 is 1.14 bits per heavy atom. The molecule has 0 aromatic heterocycles. The van der Waals surface area contributed by atoms with Crippen LogP contribution in [0.4, 0.5) is 0 Å². The Labute approximate surface area is 135 Å². The molecule has 1 saturated heterocycles. The van der Waals surface area contributed by atoms with Gasteiger partial charge in [-0.2, -0.15) is 4.31 Å². The van der Waals surface area contributed by atoms with Crippen LogP contribution < -0.4 is 0 Å². The van der Waals surface area contributed by atoms with Gasteiger partial charge in [-0.25, -0.2) is 8.42 Å². The molecule has 2 fully saturated rings. The van der Waals surface area contributed by atoms with Crippen LogP contribution in [0.1, 0.15) is 23.2 Å². The van der Waals surface area contributed by atoms with Crippen molar-refractivity contribution in [3.05, 3.63) is 29.8 Å². The van der Waals surface area contributed by atoms with E-state index in [1.54, 1.807) is 21.0 Å². The zero-order valence-electron chi connectivity index (χ0n) is 12.6. The van der Waals surface area contributed by atoms with Crippen LogP contribution in [0, 0.1) is 0 Å². The van der Waals surface area contributed by atoms with Crippen molar-refractivity contribution in [2.75, 3.05) is 32.4 Å². The molecule has 1 aromatic carbocycles. The van der Waals surface area contributed by atoms with Gasteiger partial charge in [-0.1, -0.05) is 12.1 Å². The van der Waals surface area contributed by atoms with Crippen molar-refractivity contribution < 1.29 is 13.2 Å². The molecule has 3 rings (SSSR count). The molecule has 1 amide bonds. The summed E-state index contributed by atoms with van der Waals surface area (Å²) in [5.74, 6) is -0.00609. The van der Waals surface area contributed by atoms with Crippen molar-refractivity contribution in [2.45, 2.75) is 23.0 Å². The van der Waals surface area contributed by atoms with Gasteiger partial charge in [0.15, 0.2) is 0 Å². The maximum absolute atomic E-state index is 12.6. The van der Waals surface area contributed by atoms with Crippen molar-refractivity contribution in [3.63, 3.8) is 0 Å². The van der Waals surface area contributed by atoms with E-state index >= 15 is 0 Å². The van der Waals surface area contributed by atoms with Gasteiger partial charge in [-0.15, -0.1) is 11.8 Å². The Morgan fingerprint density at radius 3 is 2.36 bits per heavy atom. The maximum atomic E-state index is 12.6. The normalized spacial score (nSPS) is 20.1. The molecule has 0 N–H and O–H groups in total. The Balaban J connectivity index is 1.67. The standard InChI is InChI=1S/C15H20N2O3S2/c1-21-14-5-3-2-4-13(14)15(18)16-8-10-17(11-9-16)22(19,20)12-6-7-12/h2-5,12H,6-11H2,1H3. The van der Waals surface area contributed by atoms with E-state index in [4.69, 9.17) is 0 Å². The number of carbonyl (C=O) groups is 1. The molecule has 22 heavy (non-hydrogen) atoms. The molecule has 7 heteroatoms. The summed E-state index contributed by atoms with van der Waals surface area (Å²) in [5, 5.41) is -0.174. The van der Waals surface area contributed by atoms with Gasteiger partial charge in [-0.3, -0.25) is 4.79 Å². The van der Waals surface area contributed by atoms with Gasteiger partial charge in [-0.05, 0) is 31.2 Å². The van der Waals surface area contributed by atoms with Gasteiger partial charge in [0, 0.05) is 31.1 Å². The summed E-state index contributed by atoms with van der Waals surface area (Å²) >= 11 is 1.55. The smallest absolute Gasteiger partial charge is 0.255 e. The molecule has 2 aliphatic rings. The summed E-state index contributed by atoms with van der Waals surface area (Å²) in [6.07, 6.45) is 3.51. The Morgan fingerprint density at radius 2 is 1.77 bits per heavy atom. The third-order valence-electron chi connectivity index (χ3n) is 4.17. The zero-order chi connectivity index (χ0) is 15.7. The van der Waals surface area contributed by atoms with Crippen LogP contribution in [0.5, 0.6) is 0 Å². The van der Waals surface area contributed by atoms with E-state index in [2.05, 4.69) is 0 Å². The first-order valence-electron chi connectivity index (χ1n) is 7.45. The number of amides is 1. The van der Waals surface area contributed by atoms with E-state index in [1.165, 1.54) is 0 Å². The van der Waals surface area contributed by atoms with Crippen molar-refractivity contribution in [2.24, 2.45) is 0 Å². The van der Waals surface area contributed by atoms with Crippen LogP contribution in [-0.4, -0.2) is 61.2 Å². The quantitative estimate of drug-likeness (QED) is 0.782. The summed E-state index contributed by atoms with van der Waals surface area (Å²) in [5.41, 5.74) is 0.702.